The highest BCUT2D eigenvalue weighted by Crippen LogP contribution is 2.17. The van der Waals surface area contributed by atoms with Gasteiger partial charge in [-0.25, -0.2) is 4.79 Å². The van der Waals surface area contributed by atoms with Crippen LogP contribution < -0.4 is 9.47 Å². The summed E-state index contributed by atoms with van der Waals surface area (Å²) in [4.78, 5) is 23.5. The summed E-state index contributed by atoms with van der Waals surface area (Å²) in [6.07, 6.45) is 0.0627. The minimum absolute atomic E-state index is 0.0204. The van der Waals surface area contributed by atoms with Crippen molar-refractivity contribution in [2.45, 2.75) is 18.9 Å². The van der Waals surface area contributed by atoms with Crippen LogP contribution in [0, 0.1) is 0 Å². The van der Waals surface area contributed by atoms with Crippen LogP contribution in [0.2, 0.25) is 0 Å². The average Bonchev–Trinajstić information content (AvgIpc) is 2.83. The van der Waals surface area contributed by atoms with E-state index in [-0.39, 0.29) is 12.2 Å². The molecule has 0 aliphatic rings. The van der Waals surface area contributed by atoms with E-state index in [2.05, 4.69) is 0 Å². The van der Waals surface area contributed by atoms with Crippen molar-refractivity contribution in [1.29, 1.82) is 0 Å². The maximum atomic E-state index is 12.4. The minimum atomic E-state index is -0.992. The van der Waals surface area contributed by atoms with E-state index in [1.807, 2.05) is 42.5 Å². The number of methoxy groups -OCH3 is 1. The topological polar surface area (TPSA) is 82.1 Å². The Morgan fingerprint density at radius 2 is 1.47 bits per heavy atom. The Bertz CT molecular complexity index is 1010. The van der Waals surface area contributed by atoms with Crippen LogP contribution in [0.25, 0.3) is 0 Å². The number of carbonyl (C=O) groups is 2. The summed E-state index contributed by atoms with van der Waals surface area (Å²) in [6.45, 7) is 0.928. The molecule has 0 fully saturated rings. The van der Waals surface area contributed by atoms with Gasteiger partial charge in [-0.3, -0.25) is 4.79 Å². The van der Waals surface area contributed by atoms with E-state index in [4.69, 9.17) is 19.3 Å². The molecule has 0 aliphatic carbocycles. The quantitative estimate of drug-likeness (QED) is 0.336. The minimum Gasteiger partial charge on any atom is -0.493 e. The van der Waals surface area contributed by atoms with Crippen LogP contribution in [0.1, 0.15) is 27.9 Å². The Balaban J connectivity index is 1.42. The summed E-state index contributed by atoms with van der Waals surface area (Å²) in [5.74, 6) is 0.351. The molecule has 1 N–H and O–H groups in total. The molecular formula is C26H26O6. The summed E-state index contributed by atoms with van der Waals surface area (Å²) in [6, 6.07) is 23.6. The van der Waals surface area contributed by atoms with E-state index in [1.165, 1.54) is 7.11 Å². The molecule has 0 aliphatic heterocycles. The molecule has 3 aromatic carbocycles. The average molecular weight is 434 g/mol. The van der Waals surface area contributed by atoms with Crippen LogP contribution >= 0.6 is 0 Å². The molecule has 32 heavy (non-hydrogen) atoms. The Morgan fingerprint density at radius 3 is 2.12 bits per heavy atom. The van der Waals surface area contributed by atoms with Gasteiger partial charge < -0.3 is 19.3 Å². The molecule has 3 aromatic rings. The number of rotatable bonds is 12. The van der Waals surface area contributed by atoms with Crippen LogP contribution in [-0.2, 0) is 16.0 Å². The molecule has 0 radical (unpaired) electrons. The number of hydrogen-bond donors (Lipinski definition) is 1. The lowest BCUT2D eigenvalue weighted by molar-refractivity contribution is -0.148. The van der Waals surface area contributed by atoms with Crippen LogP contribution in [0.3, 0.4) is 0 Å². The first kappa shape index (κ1) is 23.0. The molecule has 3 rings (SSSR count). The molecule has 0 aromatic heterocycles. The van der Waals surface area contributed by atoms with Crippen molar-refractivity contribution in [1.82, 2.24) is 0 Å². The monoisotopic (exact) mass is 434 g/mol. The molecule has 1 atom stereocenters. The molecule has 0 saturated heterocycles. The summed E-state index contributed by atoms with van der Waals surface area (Å²) in [7, 11) is 1.38. The molecule has 1 unspecified atom stereocenters. The number of benzene rings is 3. The van der Waals surface area contributed by atoms with Crippen LogP contribution in [0.5, 0.6) is 11.5 Å². The Labute approximate surface area is 187 Å². The van der Waals surface area contributed by atoms with Crippen LogP contribution in [0.4, 0.5) is 0 Å². The van der Waals surface area contributed by atoms with Gasteiger partial charge in [0.1, 0.15) is 11.5 Å². The van der Waals surface area contributed by atoms with Gasteiger partial charge in [-0.1, -0.05) is 42.5 Å². The molecule has 6 nitrogen and oxygen atoms in total. The molecule has 0 heterocycles. The number of ether oxygens (including phenoxy) is 3. The Kier molecular flexibility index (Phi) is 8.40. The first-order valence-electron chi connectivity index (χ1n) is 10.4. The predicted octanol–water partition coefficient (Wildman–Crippen LogP) is 4.41. The number of carbonyl (C=O) groups excluding carboxylic acids is 1. The lowest BCUT2D eigenvalue weighted by atomic mass is 10.0. The highest BCUT2D eigenvalue weighted by atomic mass is 16.5. The molecule has 0 bridgehead atoms. The highest BCUT2D eigenvalue weighted by molar-refractivity contribution is 6.08. The zero-order valence-corrected chi connectivity index (χ0v) is 17.9. The highest BCUT2D eigenvalue weighted by Gasteiger charge is 2.17. The first-order chi connectivity index (χ1) is 15.6. The van der Waals surface area contributed by atoms with E-state index in [0.717, 1.165) is 5.56 Å². The number of carboxylic acid groups (broad SMARTS) is 1. The van der Waals surface area contributed by atoms with Gasteiger partial charge in [0, 0.05) is 31.1 Å². The fourth-order valence-corrected chi connectivity index (χ4v) is 3.15. The third kappa shape index (κ3) is 6.68. The Hall–Kier alpha value is -3.64. The third-order valence-corrected chi connectivity index (χ3v) is 4.86. The van der Waals surface area contributed by atoms with E-state index >= 15 is 0 Å². The van der Waals surface area contributed by atoms with Gasteiger partial charge in [-0.15, -0.1) is 0 Å². The van der Waals surface area contributed by atoms with Gasteiger partial charge in [0.05, 0.1) is 13.2 Å². The second kappa shape index (κ2) is 11.7. The lowest BCUT2D eigenvalue weighted by Crippen LogP contribution is -2.24. The van der Waals surface area contributed by atoms with Gasteiger partial charge in [-0.2, -0.15) is 0 Å². The first-order valence-corrected chi connectivity index (χ1v) is 10.4. The van der Waals surface area contributed by atoms with Crippen molar-refractivity contribution in [3.05, 3.63) is 95.6 Å². The van der Waals surface area contributed by atoms with Gasteiger partial charge >= 0.3 is 5.97 Å². The number of carboxylic acids is 1. The van der Waals surface area contributed by atoms with Crippen molar-refractivity contribution in [2.75, 3.05) is 20.3 Å². The van der Waals surface area contributed by atoms with Gasteiger partial charge in [0.2, 0.25) is 0 Å². The van der Waals surface area contributed by atoms with E-state index < -0.39 is 12.1 Å². The molecule has 6 heteroatoms. The number of ketones is 1. The van der Waals surface area contributed by atoms with E-state index in [9.17, 15) is 9.59 Å². The van der Waals surface area contributed by atoms with Crippen molar-refractivity contribution in [3.63, 3.8) is 0 Å². The fourth-order valence-electron chi connectivity index (χ4n) is 3.15. The van der Waals surface area contributed by atoms with E-state index in [0.29, 0.717) is 42.3 Å². The standard InChI is InChI=1S/C26H26O6/c1-30-24(26(28)29)18-19-7-5-10-23(17-19)32-16-6-15-31-22-13-11-21(12-14-22)25(27)20-8-3-2-4-9-20/h2-5,7-14,17,24H,6,15-16,18H2,1H3,(H,28,29). The summed E-state index contributed by atoms with van der Waals surface area (Å²) < 4.78 is 16.5. The maximum Gasteiger partial charge on any atom is 0.333 e. The molecule has 0 saturated carbocycles. The molecule has 0 amide bonds. The molecule has 0 spiro atoms. The van der Waals surface area contributed by atoms with Gasteiger partial charge in [0.25, 0.3) is 0 Å². The van der Waals surface area contributed by atoms with E-state index in [1.54, 1.807) is 36.4 Å². The summed E-state index contributed by atoms with van der Waals surface area (Å²) >= 11 is 0. The Morgan fingerprint density at radius 1 is 0.812 bits per heavy atom. The molecule has 166 valence electrons. The predicted molar refractivity (Wildman–Crippen MR) is 121 cm³/mol. The largest absolute Gasteiger partial charge is 0.493 e. The summed E-state index contributed by atoms with van der Waals surface area (Å²) in [5, 5.41) is 9.11. The lowest BCUT2D eigenvalue weighted by Gasteiger charge is -2.12. The van der Waals surface area contributed by atoms with Gasteiger partial charge in [0.15, 0.2) is 11.9 Å². The fraction of sp³-hybridized carbons (Fsp3) is 0.231. The zero-order valence-electron chi connectivity index (χ0n) is 17.9. The van der Waals surface area contributed by atoms with Gasteiger partial charge in [-0.05, 0) is 42.0 Å². The zero-order chi connectivity index (χ0) is 22.8. The maximum absolute atomic E-state index is 12.4. The smallest absolute Gasteiger partial charge is 0.333 e. The second-order valence-corrected chi connectivity index (χ2v) is 7.18. The molecular weight excluding hydrogens is 408 g/mol. The van der Waals surface area contributed by atoms with Crippen molar-refractivity contribution >= 4 is 11.8 Å². The number of aliphatic carboxylic acids is 1. The van der Waals surface area contributed by atoms with Crippen LogP contribution in [-0.4, -0.2) is 43.3 Å². The SMILES string of the molecule is COC(Cc1cccc(OCCCOc2ccc(C(=O)c3ccccc3)cc2)c1)C(=O)O. The van der Waals surface area contributed by atoms with Crippen molar-refractivity contribution in [3.8, 4) is 11.5 Å². The second-order valence-electron chi connectivity index (χ2n) is 7.18. The number of hydrogen-bond acceptors (Lipinski definition) is 5. The summed E-state index contributed by atoms with van der Waals surface area (Å²) in [5.41, 5.74) is 2.10. The third-order valence-electron chi connectivity index (χ3n) is 4.86. The van der Waals surface area contributed by atoms with Crippen molar-refractivity contribution < 1.29 is 28.9 Å². The van der Waals surface area contributed by atoms with Crippen LogP contribution in [0.15, 0.2) is 78.9 Å². The normalized spacial score (nSPS) is 11.5. The van der Waals surface area contributed by atoms with Crippen molar-refractivity contribution in [2.24, 2.45) is 0 Å².